The van der Waals surface area contributed by atoms with Crippen molar-refractivity contribution in [3.05, 3.63) is 0 Å². The third-order valence-corrected chi connectivity index (χ3v) is 3.86. The van der Waals surface area contributed by atoms with Gasteiger partial charge in [0, 0.05) is 47.1 Å². The van der Waals surface area contributed by atoms with Crippen LogP contribution in [0.5, 0.6) is 0 Å². The zero-order chi connectivity index (χ0) is 14.6. The molecule has 0 spiro atoms. The summed E-state index contributed by atoms with van der Waals surface area (Å²) in [6, 6.07) is 0. The van der Waals surface area contributed by atoms with E-state index in [1.807, 2.05) is 0 Å². The monoisotopic (exact) mass is 275 g/mol. The van der Waals surface area contributed by atoms with Crippen molar-refractivity contribution in [1.82, 2.24) is 5.32 Å². The lowest BCUT2D eigenvalue weighted by molar-refractivity contribution is 0.0650. The molecule has 0 rings (SSSR count). The summed E-state index contributed by atoms with van der Waals surface area (Å²) in [5.41, 5.74) is 0.273. The minimum Gasteiger partial charge on any atom is -0.385 e. The summed E-state index contributed by atoms with van der Waals surface area (Å²) in [5.74, 6) is 0.630. The smallest absolute Gasteiger partial charge is 0.0587 e. The summed E-state index contributed by atoms with van der Waals surface area (Å²) in [6.07, 6.45) is 2.05. The van der Waals surface area contributed by atoms with Gasteiger partial charge in [-0.25, -0.2) is 0 Å². The number of hydrogen-bond donors (Lipinski definition) is 1. The van der Waals surface area contributed by atoms with Gasteiger partial charge in [0.05, 0.1) is 6.61 Å². The highest BCUT2D eigenvalue weighted by Gasteiger charge is 2.27. The molecule has 0 bridgehead atoms. The fourth-order valence-corrected chi connectivity index (χ4v) is 1.84. The van der Waals surface area contributed by atoms with Gasteiger partial charge in [-0.3, -0.25) is 0 Å². The molecule has 0 aliphatic carbocycles. The molecular formula is C15H33NO3. The van der Waals surface area contributed by atoms with Crippen LogP contribution in [0, 0.1) is 11.3 Å². The van der Waals surface area contributed by atoms with Gasteiger partial charge in [-0.05, 0) is 24.2 Å². The maximum atomic E-state index is 5.68. The molecule has 116 valence electrons. The lowest BCUT2D eigenvalue weighted by Crippen LogP contribution is -2.38. The highest BCUT2D eigenvalue weighted by atomic mass is 16.5. The molecule has 0 amide bonds. The Morgan fingerprint density at radius 2 is 1.68 bits per heavy atom. The Hall–Kier alpha value is -0.160. The SMILES string of the molecule is COCCCOCCC(C)(CNCCOC)C(C)C. The first-order valence-electron chi connectivity index (χ1n) is 7.33. The van der Waals surface area contributed by atoms with E-state index in [2.05, 4.69) is 26.1 Å². The van der Waals surface area contributed by atoms with Crippen LogP contribution in [0.25, 0.3) is 0 Å². The normalized spacial score (nSPS) is 14.8. The Kier molecular flexibility index (Phi) is 11.6. The molecule has 1 N–H and O–H groups in total. The first kappa shape index (κ1) is 18.8. The van der Waals surface area contributed by atoms with Crippen LogP contribution in [0.1, 0.15) is 33.6 Å². The Balaban J connectivity index is 3.82. The van der Waals surface area contributed by atoms with Crippen molar-refractivity contribution < 1.29 is 14.2 Å². The Bertz CT molecular complexity index is 200. The van der Waals surface area contributed by atoms with E-state index >= 15 is 0 Å². The number of nitrogens with one attached hydrogen (secondary N) is 1. The molecule has 0 aliphatic rings. The van der Waals surface area contributed by atoms with Crippen LogP contribution in [0.4, 0.5) is 0 Å². The molecule has 1 atom stereocenters. The van der Waals surface area contributed by atoms with Crippen molar-refractivity contribution in [1.29, 1.82) is 0 Å². The molecule has 4 nitrogen and oxygen atoms in total. The van der Waals surface area contributed by atoms with Crippen LogP contribution in [0.2, 0.25) is 0 Å². The Labute approximate surface area is 119 Å². The van der Waals surface area contributed by atoms with Gasteiger partial charge in [0.15, 0.2) is 0 Å². The standard InChI is InChI=1S/C15H33NO3/c1-14(2)15(3,13-16-8-12-18-5)7-11-19-10-6-9-17-4/h14,16H,6-13H2,1-5H3. The molecular weight excluding hydrogens is 242 g/mol. The highest BCUT2D eigenvalue weighted by molar-refractivity contribution is 4.80. The van der Waals surface area contributed by atoms with E-state index in [1.54, 1.807) is 14.2 Å². The summed E-state index contributed by atoms with van der Waals surface area (Å²) in [5, 5.41) is 3.47. The van der Waals surface area contributed by atoms with Gasteiger partial charge >= 0.3 is 0 Å². The van der Waals surface area contributed by atoms with E-state index in [1.165, 1.54) is 0 Å². The van der Waals surface area contributed by atoms with Crippen molar-refractivity contribution in [3.63, 3.8) is 0 Å². The number of rotatable bonds is 13. The Morgan fingerprint density at radius 3 is 2.26 bits per heavy atom. The minimum absolute atomic E-state index is 0.273. The lowest BCUT2D eigenvalue weighted by atomic mass is 9.76. The molecule has 0 saturated carbocycles. The van der Waals surface area contributed by atoms with Crippen LogP contribution in [-0.2, 0) is 14.2 Å². The topological polar surface area (TPSA) is 39.7 Å². The van der Waals surface area contributed by atoms with E-state index in [4.69, 9.17) is 14.2 Å². The molecule has 19 heavy (non-hydrogen) atoms. The van der Waals surface area contributed by atoms with Gasteiger partial charge in [-0.1, -0.05) is 20.8 Å². The second-order valence-electron chi connectivity index (χ2n) is 5.69. The van der Waals surface area contributed by atoms with Crippen LogP contribution in [0.3, 0.4) is 0 Å². The fraction of sp³-hybridized carbons (Fsp3) is 1.00. The van der Waals surface area contributed by atoms with Crippen molar-refractivity contribution in [2.75, 3.05) is 53.7 Å². The highest BCUT2D eigenvalue weighted by Crippen LogP contribution is 2.30. The third kappa shape index (κ3) is 9.38. The Morgan fingerprint density at radius 1 is 1.00 bits per heavy atom. The van der Waals surface area contributed by atoms with Crippen LogP contribution in [0.15, 0.2) is 0 Å². The van der Waals surface area contributed by atoms with E-state index in [0.717, 1.165) is 52.4 Å². The molecule has 0 fully saturated rings. The number of ether oxygens (including phenoxy) is 3. The van der Waals surface area contributed by atoms with Crippen molar-refractivity contribution in [3.8, 4) is 0 Å². The van der Waals surface area contributed by atoms with Crippen LogP contribution < -0.4 is 5.32 Å². The molecule has 1 unspecified atom stereocenters. The van der Waals surface area contributed by atoms with E-state index in [0.29, 0.717) is 5.92 Å². The van der Waals surface area contributed by atoms with E-state index < -0.39 is 0 Å². The average Bonchev–Trinajstić information content (AvgIpc) is 2.38. The molecule has 0 aliphatic heterocycles. The van der Waals surface area contributed by atoms with Gasteiger partial charge in [-0.15, -0.1) is 0 Å². The molecule has 0 heterocycles. The minimum atomic E-state index is 0.273. The first-order chi connectivity index (χ1) is 9.06. The lowest BCUT2D eigenvalue weighted by Gasteiger charge is -2.34. The zero-order valence-corrected chi connectivity index (χ0v) is 13.5. The van der Waals surface area contributed by atoms with Crippen LogP contribution in [-0.4, -0.2) is 53.7 Å². The van der Waals surface area contributed by atoms with Crippen LogP contribution >= 0.6 is 0 Å². The molecule has 0 aromatic rings. The average molecular weight is 275 g/mol. The van der Waals surface area contributed by atoms with Gasteiger partial charge in [0.2, 0.25) is 0 Å². The summed E-state index contributed by atoms with van der Waals surface area (Å²) < 4.78 is 15.7. The summed E-state index contributed by atoms with van der Waals surface area (Å²) in [7, 11) is 3.46. The van der Waals surface area contributed by atoms with Gasteiger partial charge in [-0.2, -0.15) is 0 Å². The van der Waals surface area contributed by atoms with Gasteiger partial charge < -0.3 is 19.5 Å². The first-order valence-corrected chi connectivity index (χ1v) is 7.33. The maximum absolute atomic E-state index is 5.68. The summed E-state index contributed by atoms with van der Waals surface area (Å²) >= 11 is 0. The second kappa shape index (κ2) is 11.6. The van der Waals surface area contributed by atoms with Gasteiger partial charge in [0.25, 0.3) is 0 Å². The summed E-state index contributed by atoms with van der Waals surface area (Å²) in [4.78, 5) is 0. The van der Waals surface area contributed by atoms with Crippen molar-refractivity contribution in [2.45, 2.75) is 33.6 Å². The van der Waals surface area contributed by atoms with Gasteiger partial charge in [0.1, 0.15) is 0 Å². The molecule has 0 aromatic heterocycles. The predicted octanol–water partition coefficient (Wildman–Crippen LogP) is 2.33. The molecule has 0 saturated heterocycles. The number of methoxy groups -OCH3 is 2. The molecule has 0 aromatic carbocycles. The second-order valence-corrected chi connectivity index (χ2v) is 5.69. The molecule has 4 heteroatoms. The van der Waals surface area contributed by atoms with Crippen molar-refractivity contribution in [2.24, 2.45) is 11.3 Å². The van der Waals surface area contributed by atoms with E-state index in [-0.39, 0.29) is 5.41 Å². The molecule has 0 radical (unpaired) electrons. The maximum Gasteiger partial charge on any atom is 0.0587 e. The summed E-state index contributed by atoms with van der Waals surface area (Å²) in [6.45, 7) is 12.0. The zero-order valence-electron chi connectivity index (χ0n) is 13.5. The predicted molar refractivity (Wildman–Crippen MR) is 79.6 cm³/mol. The number of hydrogen-bond acceptors (Lipinski definition) is 4. The quantitative estimate of drug-likeness (QED) is 0.524. The fourth-order valence-electron chi connectivity index (χ4n) is 1.84. The van der Waals surface area contributed by atoms with E-state index in [9.17, 15) is 0 Å². The van der Waals surface area contributed by atoms with Crippen molar-refractivity contribution >= 4 is 0 Å². The third-order valence-electron chi connectivity index (χ3n) is 3.86. The largest absolute Gasteiger partial charge is 0.385 e.